The Labute approximate surface area is 155 Å². The summed E-state index contributed by atoms with van der Waals surface area (Å²) >= 11 is 0. The smallest absolute Gasteiger partial charge is 0.267 e. The summed E-state index contributed by atoms with van der Waals surface area (Å²) in [6.45, 7) is 11.4. The zero-order valence-corrected chi connectivity index (χ0v) is 15.9. The molecule has 1 N–H and O–H groups in total. The lowest BCUT2D eigenvalue weighted by molar-refractivity contribution is 0.0358. The van der Waals surface area contributed by atoms with Gasteiger partial charge in [-0.15, -0.1) is 0 Å². The van der Waals surface area contributed by atoms with E-state index in [-0.39, 0.29) is 11.8 Å². The second-order valence-corrected chi connectivity index (χ2v) is 7.13. The number of amides is 2. The number of aryl methyl sites for hydroxylation is 1. The third kappa shape index (κ3) is 4.60. The molecule has 0 saturated heterocycles. The molecule has 0 spiro atoms. The van der Waals surface area contributed by atoms with Crippen molar-refractivity contribution in [2.45, 2.75) is 39.7 Å². The highest BCUT2D eigenvalue weighted by Crippen LogP contribution is 2.17. The normalized spacial score (nSPS) is 10.9. The SMILES string of the molecule is C=Cc1cccc(C(=O)N(NC(=O)c2ccc(CC)cc2)C(C)(C)C)c1. The van der Waals surface area contributed by atoms with Crippen molar-refractivity contribution in [2.24, 2.45) is 0 Å². The van der Waals surface area contributed by atoms with E-state index in [0.29, 0.717) is 11.1 Å². The Kier molecular flexibility index (Phi) is 5.98. The lowest BCUT2D eigenvalue weighted by Gasteiger charge is -2.35. The predicted octanol–water partition coefficient (Wildman–Crippen LogP) is 4.48. The van der Waals surface area contributed by atoms with Gasteiger partial charge in [0.15, 0.2) is 0 Å². The van der Waals surface area contributed by atoms with E-state index >= 15 is 0 Å². The van der Waals surface area contributed by atoms with E-state index in [9.17, 15) is 9.59 Å². The van der Waals surface area contributed by atoms with Crippen LogP contribution in [0, 0.1) is 0 Å². The van der Waals surface area contributed by atoms with Crippen molar-refractivity contribution >= 4 is 17.9 Å². The van der Waals surface area contributed by atoms with Crippen LogP contribution in [-0.2, 0) is 6.42 Å². The van der Waals surface area contributed by atoms with Gasteiger partial charge in [-0.1, -0.05) is 43.8 Å². The quantitative estimate of drug-likeness (QED) is 0.827. The topological polar surface area (TPSA) is 49.4 Å². The summed E-state index contributed by atoms with van der Waals surface area (Å²) in [6.07, 6.45) is 2.60. The number of hydrazine groups is 1. The van der Waals surface area contributed by atoms with Crippen LogP contribution in [0.5, 0.6) is 0 Å². The van der Waals surface area contributed by atoms with E-state index in [1.165, 1.54) is 5.01 Å². The monoisotopic (exact) mass is 350 g/mol. The highest BCUT2D eigenvalue weighted by Gasteiger charge is 2.29. The van der Waals surface area contributed by atoms with Crippen molar-refractivity contribution < 1.29 is 9.59 Å². The van der Waals surface area contributed by atoms with Gasteiger partial charge in [0.2, 0.25) is 0 Å². The molecule has 0 aliphatic rings. The number of carbonyl (C=O) groups is 2. The van der Waals surface area contributed by atoms with Gasteiger partial charge >= 0.3 is 0 Å². The molecule has 0 aromatic heterocycles. The molecule has 2 aromatic carbocycles. The standard InChI is InChI=1S/C22H26N2O2/c1-6-16-11-13-18(14-12-16)20(25)23-24(22(3,4)5)21(26)19-10-8-9-17(7-2)15-19/h7-15H,2,6H2,1,3-5H3,(H,23,25). The minimum absolute atomic E-state index is 0.264. The molecule has 0 fully saturated rings. The summed E-state index contributed by atoms with van der Waals surface area (Å²) in [5.74, 6) is -0.574. The van der Waals surface area contributed by atoms with Crippen LogP contribution >= 0.6 is 0 Å². The average Bonchev–Trinajstić information content (AvgIpc) is 2.64. The summed E-state index contributed by atoms with van der Waals surface area (Å²) in [5, 5.41) is 1.38. The van der Waals surface area contributed by atoms with E-state index in [0.717, 1.165) is 17.5 Å². The maximum Gasteiger partial charge on any atom is 0.272 e. The second-order valence-electron chi connectivity index (χ2n) is 7.13. The minimum atomic E-state index is -0.583. The van der Waals surface area contributed by atoms with Crippen molar-refractivity contribution in [3.63, 3.8) is 0 Å². The Balaban J connectivity index is 2.27. The van der Waals surface area contributed by atoms with Crippen LogP contribution in [0.1, 0.15) is 59.5 Å². The van der Waals surface area contributed by atoms with Crippen molar-refractivity contribution in [1.82, 2.24) is 10.4 Å². The fourth-order valence-corrected chi connectivity index (χ4v) is 2.51. The molecule has 0 saturated carbocycles. The first-order valence-electron chi connectivity index (χ1n) is 8.73. The van der Waals surface area contributed by atoms with Gasteiger partial charge in [-0.05, 0) is 62.6 Å². The van der Waals surface area contributed by atoms with Crippen LogP contribution in [0.4, 0.5) is 0 Å². The molecular weight excluding hydrogens is 324 g/mol. The zero-order chi connectivity index (χ0) is 19.3. The zero-order valence-electron chi connectivity index (χ0n) is 15.9. The van der Waals surface area contributed by atoms with Crippen LogP contribution in [0.3, 0.4) is 0 Å². The summed E-state index contributed by atoms with van der Waals surface area (Å²) in [7, 11) is 0. The molecular formula is C22H26N2O2. The number of rotatable bonds is 4. The molecule has 0 atom stereocenters. The molecule has 0 heterocycles. The summed E-state index contributed by atoms with van der Waals surface area (Å²) in [5.41, 5.74) is 5.21. The summed E-state index contributed by atoms with van der Waals surface area (Å²) < 4.78 is 0. The van der Waals surface area contributed by atoms with Crippen LogP contribution in [-0.4, -0.2) is 22.4 Å². The minimum Gasteiger partial charge on any atom is -0.267 e. The number of nitrogens with zero attached hydrogens (tertiary/aromatic N) is 1. The summed E-state index contributed by atoms with van der Waals surface area (Å²) in [6, 6.07) is 14.6. The molecule has 2 amide bonds. The first-order chi connectivity index (χ1) is 12.3. The Morgan fingerprint density at radius 3 is 2.27 bits per heavy atom. The van der Waals surface area contributed by atoms with E-state index in [1.807, 2.05) is 39.0 Å². The van der Waals surface area contributed by atoms with Crippen LogP contribution in [0.25, 0.3) is 6.08 Å². The molecule has 2 aromatic rings. The van der Waals surface area contributed by atoms with Gasteiger partial charge in [-0.25, -0.2) is 5.01 Å². The van der Waals surface area contributed by atoms with Crippen molar-refractivity contribution in [3.8, 4) is 0 Å². The Morgan fingerprint density at radius 1 is 1.08 bits per heavy atom. The molecule has 0 aliphatic carbocycles. The Hall–Kier alpha value is -2.88. The van der Waals surface area contributed by atoms with Crippen LogP contribution < -0.4 is 5.43 Å². The Bertz CT molecular complexity index is 802. The molecule has 0 radical (unpaired) electrons. The third-order valence-corrected chi connectivity index (χ3v) is 4.08. The van der Waals surface area contributed by atoms with Crippen LogP contribution in [0.2, 0.25) is 0 Å². The third-order valence-electron chi connectivity index (χ3n) is 4.08. The lowest BCUT2D eigenvalue weighted by atomic mass is 10.0. The molecule has 136 valence electrons. The Morgan fingerprint density at radius 2 is 1.73 bits per heavy atom. The molecule has 4 nitrogen and oxygen atoms in total. The number of hydrogen-bond acceptors (Lipinski definition) is 2. The maximum absolute atomic E-state index is 13.0. The first kappa shape index (κ1) is 19.4. The number of benzene rings is 2. The second kappa shape index (κ2) is 8.00. The van der Waals surface area contributed by atoms with Gasteiger partial charge in [0.1, 0.15) is 0 Å². The van der Waals surface area contributed by atoms with Gasteiger partial charge in [0.05, 0.1) is 5.54 Å². The van der Waals surface area contributed by atoms with Gasteiger partial charge < -0.3 is 0 Å². The molecule has 26 heavy (non-hydrogen) atoms. The number of hydrogen-bond donors (Lipinski definition) is 1. The lowest BCUT2D eigenvalue weighted by Crippen LogP contribution is -2.55. The number of nitrogens with one attached hydrogen (secondary N) is 1. The predicted molar refractivity (Wildman–Crippen MR) is 106 cm³/mol. The van der Waals surface area contributed by atoms with Gasteiger partial charge in [-0.2, -0.15) is 0 Å². The highest BCUT2D eigenvalue weighted by molar-refractivity contribution is 5.99. The highest BCUT2D eigenvalue weighted by atomic mass is 16.2. The van der Waals surface area contributed by atoms with Gasteiger partial charge in [0, 0.05) is 11.1 Å². The van der Waals surface area contributed by atoms with Crippen molar-refractivity contribution in [1.29, 1.82) is 0 Å². The number of carbonyl (C=O) groups excluding carboxylic acids is 2. The molecule has 4 heteroatoms. The maximum atomic E-state index is 13.0. The van der Waals surface area contributed by atoms with Crippen molar-refractivity contribution in [3.05, 3.63) is 77.4 Å². The fraction of sp³-hybridized carbons (Fsp3) is 0.273. The fourth-order valence-electron chi connectivity index (χ4n) is 2.51. The molecule has 2 rings (SSSR count). The van der Waals surface area contributed by atoms with E-state index in [4.69, 9.17) is 0 Å². The van der Waals surface area contributed by atoms with Gasteiger partial charge in [0.25, 0.3) is 11.8 Å². The van der Waals surface area contributed by atoms with Crippen LogP contribution in [0.15, 0.2) is 55.1 Å². The largest absolute Gasteiger partial charge is 0.272 e. The summed E-state index contributed by atoms with van der Waals surface area (Å²) in [4.78, 5) is 25.6. The van der Waals surface area contributed by atoms with E-state index in [1.54, 1.807) is 36.4 Å². The molecule has 0 unspecified atom stereocenters. The molecule has 0 bridgehead atoms. The van der Waals surface area contributed by atoms with Crippen molar-refractivity contribution in [2.75, 3.05) is 0 Å². The average molecular weight is 350 g/mol. The van der Waals surface area contributed by atoms with Gasteiger partial charge in [-0.3, -0.25) is 15.0 Å². The van der Waals surface area contributed by atoms with E-state index in [2.05, 4.69) is 18.9 Å². The first-order valence-corrected chi connectivity index (χ1v) is 8.73. The van der Waals surface area contributed by atoms with E-state index < -0.39 is 5.54 Å². The molecule has 0 aliphatic heterocycles.